The second-order valence-corrected chi connectivity index (χ2v) is 7.43. The number of aliphatic imine (C=N–C) groups is 1. The number of nitrogens with zero attached hydrogens (tertiary/aromatic N) is 3. The first-order valence-electron chi connectivity index (χ1n) is 8.26. The second kappa shape index (κ2) is 8.77. The fraction of sp³-hybridized carbons (Fsp3) is 0.105. The molecule has 1 saturated heterocycles. The first-order chi connectivity index (χ1) is 13.9. The van der Waals surface area contributed by atoms with Crippen LogP contribution >= 0.6 is 23.4 Å². The third-order valence-electron chi connectivity index (χ3n) is 3.97. The van der Waals surface area contributed by atoms with Gasteiger partial charge in [0.15, 0.2) is 11.4 Å². The number of imide groups is 1. The number of carbonyl (C=O) groups is 3. The van der Waals surface area contributed by atoms with Crippen molar-refractivity contribution < 1.29 is 19.5 Å². The van der Waals surface area contributed by atoms with Gasteiger partial charge in [-0.1, -0.05) is 35.5 Å². The maximum atomic E-state index is 12.8. The fourth-order valence-electron chi connectivity index (χ4n) is 2.64. The summed E-state index contributed by atoms with van der Waals surface area (Å²) in [5, 5.41) is 20.1. The van der Waals surface area contributed by atoms with E-state index < -0.39 is 23.0 Å². The number of para-hydroxylation sites is 1. The number of hydrogen-bond acceptors (Lipinski definition) is 6. The molecule has 8 nitrogen and oxygen atoms in total. The lowest BCUT2D eigenvalue weighted by Crippen LogP contribution is -2.32. The van der Waals surface area contributed by atoms with Crippen molar-refractivity contribution in [3.8, 4) is 6.19 Å². The van der Waals surface area contributed by atoms with E-state index >= 15 is 0 Å². The number of aromatic carboxylic acids is 1. The zero-order chi connectivity index (χ0) is 21.0. The number of thioether (sulfide) groups is 1. The van der Waals surface area contributed by atoms with Crippen LogP contribution in [0.5, 0.6) is 0 Å². The third-order valence-corrected chi connectivity index (χ3v) is 5.36. The van der Waals surface area contributed by atoms with E-state index in [9.17, 15) is 14.4 Å². The Morgan fingerprint density at radius 2 is 1.93 bits per heavy atom. The Hall–Kier alpha value is -3.35. The molecule has 1 aliphatic heterocycles. The normalized spacial score (nSPS) is 16.6. The van der Waals surface area contributed by atoms with E-state index in [0.717, 1.165) is 16.7 Å². The van der Waals surface area contributed by atoms with E-state index in [1.807, 2.05) is 0 Å². The zero-order valence-electron chi connectivity index (χ0n) is 14.7. The average Bonchev–Trinajstić information content (AvgIpc) is 2.97. The summed E-state index contributed by atoms with van der Waals surface area (Å²) in [6, 6.07) is 12.2. The molecule has 29 heavy (non-hydrogen) atoms. The number of nitrogens with one attached hydrogen (secondary N) is 1. The molecule has 2 aromatic rings. The van der Waals surface area contributed by atoms with Crippen molar-refractivity contribution in [2.24, 2.45) is 4.99 Å². The summed E-state index contributed by atoms with van der Waals surface area (Å²) in [7, 11) is 0. The van der Waals surface area contributed by atoms with Crippen molar-refractivity contribution in [3.63, 3.8) is 0 Å². The van der Waals surface area contributed by atoms with Crippen molar-refractivity contribution in [1.82, 2.24) is 5.32 Å². The van der Waals surface area contributed by atoms with E-state index in [0.29, 0.717) is 10.7 Å². The molecular weight excluding hydrogens is 416 g/mol. The van der Waals surface area contributed by atoms with Crippen molar-refractivity contribution in [2.75, 3.05) is 4.90 Å². The number of halogens is 1. The molecule has 2 amide bonds. The zero-order valence-corrected chi connectivity index (χ0v) is 16.3. The Balaban J connectivity index is 1.81. The van der Waals surface area contributed by atoms with Crippen LogP contribution in [-0.2, 0) is 9.59 Å². The highest BCUT2D eigenvalue weighted by atomic mass is 35.5. The summed E-state index contributed by atoms with van der Waals surface area (Å²) >= 11 is 7.03. The van der Waals surface area contributed by atoms with Gasteiger partial charge in [0.1, 0.15) is 5.25 Å². The van der Waals surface area contributed by atoms with Gasteiger partial charge < -0.3 is 5.11 Å². The van der Waals surface area contributed by atoms with E-state index in [-0.39, 0.29) is 22.8 Å². The standard InChI is InChI=1S/C19H13ClN4O4S/c20-13-3-1-2-4-14(13)23-19(22-10-21)29-15-9-16(25)24(17(15)26)12-7-5-11(6-8-12)18(27)28/h1-8,15H,9H2,(H,22,23)(H,27,28)/t15-/m1/s1. The predicted octanol–water partition coefficient (Wildman–Crippen LogP) is 3.16. The molecule has 1 atom stereocenters. The first-order valence-corrected chi connectivity index (χ1v) is 9.51. The summed E-state index contributed by atoms with van der Waals surface area (Å²) in [6.07, 6.45) is 1.67. The lowest BCUT2D eigenvalue weighted by atomic mass is 10.2. The number of amides is 2. The molecule has 1 heterocycles. The predicted molar refractivity (Wildman–Crippen MR) is 109 cm³/mol. The molecule has 1 fully saturated rings. The minimum Gasteiger partial charge on any atom is -0.478 e. The molecule has 2 aromatic carbocycles. The Morgan fingerprint density at radius 3 is 2.55 bits per heavy atom. The number of anilines is 1. The van der Waals surface area contributed by atoms with Gasteiger partial charge in [0.25, 0.3) is 0 Å². The third kappa shape index (κ3) is 4.56. The van der Waals surface area contributed by atoms with Crippen molar-refractivity contribution >= 4 is 57.7 Å². The Kier molecular flexibility index (Phi) is 6.16. The van der Waals surface area contributed by atoms with Gasteiger partial charge in [0.2, 0.25) is 11.8 Å². The SMILES string of the molecule is N#CNC(=Nc1ccccc1Cl)S[C@@H]1CC(=O)N(c2ccc(C(=O)O)cc2)C1=O. The van der Waals surface area contributed by atoms with Crippen molar-refractivity contribution in [1.29, 1.82) is 5.26 Å². The topological polar surface area (TPSA) is 123 Å². The summed E-state index contributed by atoms with van der Waals surface area (Å²) in [4.78, 5) is 41.4. The minimum absolute atomic E-state index is 0.0474. The van der Waals surface area contributed by atoms with E-state index in [1.54, 1.807) is 30.5 Å². The maximum Gasteiger partial charge on any atom is 0.335 e. The number of carboxylic acids is 1. The molecule has 3 rings (SSSR count). The lowest BCUT2D eigenvalue weighted by Gasteiger charge is -2.15. The number of hydrogen-bond donors (Lipinski definition) is 2. The number of rotatable bonds is 4. The van der Waals surface area contributed by atoms with Crippen LogP contribution in [0.15, 0.2) is 53.5 Å². The van der Waals surface area contributed by atoms with Crippen molar-refractivity contribution in [3.05, 3.63) is 59.1 Å². The quantitative estimate of drug-likeness (QED) is 0.252. The number of carboxylic acid groups (broad SMARTS) is 1. The molecule has 0 bridgehead atoms. The monoisotopic (exact) mass is 428 g/mol. The van der Waals surface area contributed by atoms with Crippen LogP contribution in [0.2, 0.25) is 5.02 Å². The molecule has 1 aliphatic rings. The largest absolute Gasteiger partial charge is 0.478 e. The van der Waals surface area contributed by atoms with Crippen LogP contribution < -0.4 is 10.2 Å². The van der Waals surface area contributed by atoms with Crippen LogP contribution in [0.25, 0.3) is 0 Å². The summed E-state index contributed by atoms with van der Waals surface area (Å²) < 4.78 is 0. The number of carbonyl (C=O) groups excluding carboxylic acids is 2. The number of amidine groups is 1. The molecule has 0 unspecified atom stereocenters. The van der Waals surface area contributed by atoms with Gasteiger partial charge in [0, 0.05) is 6.42 Å². The molecule has 0 aromatic heterocycles. The average molecular weight is 429 g/mol. The Morgan fingerprint density at radius 1 is 1.24 bits per heavy atom. The molecule has 2 N–H and O–H groups in total. The highest BCUT2D eigenvalue weighted by Gasteiger charge is 2.40. The van der Waals surface area contributed by atoms with Gasteiger partial charge in [-0.05, 0) is 36.4 Å². The Labute approximate surface area is 174 Å². The highest BCUT2D eigenvalue weighted by Crippen LogP contribution is 2.32. The number of nitriles is 1. The van der Waals surface area contributed by atoms with Gasteiger partial charge in [-0.3, -0.25) is 14.9 Å². The molecule has 10 heteroatoms. The van der Waals surface area contributed by atoms with Gasteiger partial charge in [-0.15, -0.1) is 0 Å². The van der Waals surface area contributed by atoms with Crippen LogP contribution in [0.3, 0.4) is 0 Å². The molecular formula is C19H13ClN4O4S. The minimum atomic E-state index is -1.10. The van der Waals surface area contributed by atoms with Gasteiger partial charge in [0.05, 0.1) is 22.0 Å². The summed E-state index contributed by atoms with van der Waals surface area (Å²) in [5.41, 5.74) is 0.745. The summed E-state index contributed by atoms with van der Waals surface area (Å²) in [5.74, 6) is -2.01. The van der Waals surface area contributed by atoms with Gasteiger partial charge in [-0.2, -0.15) is 5.26 Å². The lowest BCUT2D eigenvalue weighted by molar-refractivity contribution is -0.121. The molecule has 0 spiro atoms. The van der Waals surface area contributed by atoms with Crippen LogP contribution in [0.1, 0.15) is 16.8 Å². The maximum absolute atomic E-state index is 12.8. The summed E-state index contributed by atoms with van der Waals surface area (Å²) in [6.45, 7) is 0. The van der Waals surface area contributed by atoms with E-state index in [4.69, 9.17) is 22.0 Å². The smallest absolute Gasteiger partial charge is 0.335 e. The molecule has 0 aliphatic carbocycles. The van der Waals surface area contributed by atoms with Gasteiger partial charge in [-0.25, -0.2) is 14.7 Å². The number of benzene rings is 2. The van der Waals surface area contributed by atoms with Crippen LogP contribution in [-0.4, -0.2) is 33.3 Å². The van der Waals surface area contributed by atoms with E-state index in [2.05, 4.69) is 10.3 Å². The highest BCUT2D eigenvalue weighted by molar-refractivity contribution is 8.15. The Bertz CT molecular complexity index is 1050. The van der Waals surface area contributed by atoms with Crippen LogP contribution in [0.4, 0.5) is 11.4 Å². The van der Waals surface area contributed by atoms with Crippen LogP contribution in [0, 0.1) is 11.5 Å². The molecule has 0 radical (unpaired) electrons. The molecule has 146 valence electrons. The van der Waals surface area contributed by atoms with E-state index in [1.165, 1.54) is 24.3 Å². The van der Waals surface area contributed by atoms with Crippen molar-refractivity contribution in [2.45, 2.75) is 11.7 Å². The van der Waals surface area contributed by atoms with Gasteiger partial charge >= 0.3 is 5.97 Å². The first kappa shape index (κ1) is 20.4. The second-order valence-electron chi connectivity index (χ2n) is 5.84. The molecule has 0 saturated carbocycles. The fourth-order valence-corrected chi connectivity index (χ4v) is 3.77.